The van der Waals surface area contributed by atoms with Crippen molar-refractivity contribution in [2.24, 2.45) is 5.92 Å². The van der Waals surface area contributed by atoms with Crippen molar-refractivity contribution < 1.29 is 23.8 Å². The number of anilines is 1. The Labute approximate surface area is 148 Å². The lowest BCUT2D eigenvalue weighted by molar-refractivity contribution is -0.127. The summed E-state index contributed by atoms with van der Waals surface area (Å²) in [6, 6.07) is 3.44. The van der Waals surface area contributed by atoms with Crippen LogP contribution in [0, 0.1) is 5.92 Å². The number of methoxy groups -OCH3 is 3. The van der Waals surface area contributed by atoms with E-state index in [1.165, 1.54) is 28.3 Å². The van der Waals surface area contributed by atoms with E-state index in [1.54, 1.807) is 17.0 Å². The van der Waals surface area contributed by atoms with Crippen LogP contribution in [-0.2, 0) is 9.59 Å². The first kappa shape index (κ1) is 18.9. The number of carbonyl (C=O) groups excluding carboxylic acids is 2. The first-order chi connectivity index (χ1) is 12.0. The molecule has 2 amide bonds. The molecule has 1 aromatic carbocycles. The van der Waals surface area contributed by atoms with Gasteiger partial charge in [-0.05, 0) is 12.8 Å². The maximum atomic E-state index is 12.1. The molecular formula is C18H26N2O5. The largest absolute Gasteiger partial charge is 0.493 e. The van der Waals surface area contributed by atoms with Gasteiger partial charge < -0.3 is 24.4 Å². The standard InChI is InChI=1S/C18H26N2O5/c1-12(21)20(9-8-19-18(22)13-6-5-7-13)14-10-15(23-2)17(25-4)16(11-14)24-3/h10-11,13H,5-9H2,1-4H3,(H,19,22). The van der Waals surface area contributed by atoms with Crippen molar-refractivity contribution >= 4 is 17.5 Å². The highest BCUT2D eigenvalue weighted by molar-refractivity contribution is 5.92. The maximum absolute atomic E-state index is 12.1. The number of hydrogen-bond donors (Lipinski definition) is 1. The maximum Gasteiger partial charge on any atom is 0.223 e. The van der Waals surface area contributed by atoms with E-state index in [2.05, 4.69) is 5.32 Å². The van der Waals surface area contributed by atoms with Crippen molar-refractivity contribution in [3.05, 3.63) is 12.1 Å². The quantitative estimate of drug-likeness (QED) is 0.776. The number of ether oxygens (including phenoxy) is 3. The minimum atomic E-state index is -0.132. The molecule has 1 aliphatic carbocycles. The first-order valence-corrected chi connectivity index (χ1v) is 8.37. The van der Waals surface area contributed by atoms with Crippen LogP contribution in [0.25, 0.3) is 0 Å². The van der Waals surface area contributed by atoms with Gasteiger partial charge in [-0.2, -0.15) is 0 Å². The molecule has 25 heavy (non-hydrogen) atoms. The van der Waals surface area contributed by atoms with E-state index in [0.29, 0.717) is 36.0 Å². The van der Waals surface area contributed by atoms with Gasteiger partial charge in [0, 0.05) is 38.1 Å². The predicted octanol–water partition coefficient (Wildman–Crippen LogP) is 1.98. The number of rotatable bonds is 8. The van der Waals surface area contributed by atoms with Crippen LogP contribution < -0.4 is 24.4 Å². The Balaban J connectivity index is 2.13. The highest BCUT2D eigenvalue weighted by Gasteiger charge is 2.25. The second-order valence-corrected chi connectivity index (χ2v) is 5.97. The molecule has 0 radical (unpaired) electrons. The number of carbonyl (C=O) groups is 2. The molecule has 7 heteroatoms. The number of amides is 2. The van der Waals surface area contributed by atoms with Gasteiger partial charge in [0.05, 0.1) is 27.0 Å². The summed E-state index contributed by atoms with van der Waals surface area (Å²) in [6.07, 6.45) is 3.02. The van der Waals surface area contributed by atoms with E-state index >= 15 is 0 Å². The second-order valence-electron chi connectivity index (χ2n) is 5.97. The fraction of sp³-hybridized carbons (Fsp3) is 0.556. The first-order valence-electron chi connectivity index (χ1n) is 8.37. The molecule has 138 valence electrons. The molecule has 2 rings (SSSR count). The van der Waals surface area contributed by atoms with Crippen molar-refractivity contribution in [2.75, 3.05) is 39.3 Å². The Hall–Kier alpha value is -2.44. The fourth-order valence-corrected chi connectivity index (χ4v) is 2.80. The van der Waals surface area contributed by atoms with Crippen LogP contribution >= 0.6 is 0 Å². The molecule has 0 aliphatic heterocycles. The Kier molecular flexibility index (Phi) is 6.50. The number of nitrogens with zero attached hydrogens (tertiary/aromatic N) is 1. The van der Waals surface area contributed by atoms with Gasteiger partial charge in [-0.15, -0.1) is 0 Å². The summed E-state index contributed by atoms with van der Waals surface area (Å²) in [7, 11) is 4.58. The Bertz CT molecular complexity index is 603. The van der Waals surface area contributed by atoms with Crippen molar-refractivity contribution in [2.45, 2.75) is 26.2 Å². The number of nitrogens with one attached hydrogen (secondary N) is 1. The third-order valence-electron chi connectivity index (χ3n) is 4.45. The molecule has 0 heterocycles. The molecule has 0 bridgehead atoms. The minimum Gasteiger partial charge on any atom is -0.493 e. The zero-order valence-corrected chi connectivity index (χ0v) is 15.3. The monoisotopic (exact) mass is 350 g/mol. The van der Waals surface area contributed by atoms with Gasteiger partial charge in [0.15, 0.2) is 11.5 Å². The lowest BCUT2D eigenvalue weighted by Gasteiger charge is -2.26. The third kappa shape index (κ3) is 4.35. The van der Waals surface area contributed by atoms with E-state index < -0.39 is 0 Å². The van der Waals surface area contributed by atoms with Crippen LogP contribution in [0.15, 0.2) is 12.1 Å². The van der Waals surface area contributed by atoms with E-state index in [-0.39, 0.29) is 17.7 Å². The Morgan fingerprint density at radius 1 is 1.12 bits per heavy atom. The van der Waals surface area contributed by atoms with Gasteiger partial charge >= 0.3 is 0 Å². The summed E-state index contributed by atoms with van der Waals surface area (Å²) < 4.78 is 16.0. The van der Waals surface area contributed by atoms with Crippen molar-refractivity contribution in [1.82, 2.24) is 5.32 Å². The van der Waals surface area contributed by atoms with Crippen LogP contribution in [-0.4, -0.2) is 46.2 Å². The van der Waals surface area contributed by atoms with Gasteiger partial charge in [-0.3, -0.25) is 9.59 Å². The zero-order chi connectivity index (χ0) is 18.4. The van der Waals surface area contributed by atoms with Gasteiger partial charge in [-0.1, -0.05) is 6.42 Å². The SMILES string of the molecule is COc1cc(N(CCNC(=O)C2CCC2)C(C)=O)cc(OC)c1OC. The van der Waals surface area contributed by atoms with Crippen LogP contribution in [0.1, 0.15) is 26.2 Å². The van der Waals surface area contributed by atoms with Gasteiger partial charge in [-0.25, -0.2) is 0 Å². The molecule has 1 aromatic rings. The molecule has 0 saturated heterocycles. The van der Waals surface area contributed by atoms with E-state index in [4.69, 9.17) is 14.2 Å². The Morgan fingerprint density at radius 3 is 2.12 bits per heavy atom. The van der Waals surface area contributed by atoms with Crippen LogP contribution in [0.3, 0.4) is 0 Å². The highest BCUT2D eigenvalue weighted by Crippen LogP contribution is 2.41. The second kappa shape index (κ2) is 8.60. The van der Waals surface area contributed by atoms with Crippen molar-refractivity contribution in [3.63, 3.8) is 0 Å². The lowest BCUT2D eigenvalue weighted by Crippen LogP contribution is -2.41. The lowest BCUT2D eigenvalue weighted by atomic mass is 9.85. The number of hydrogen-bond acceptors (Lipinski definition) is 5. The zero-order valence-electron chi connectivity index (χ0n) is 15.3. The molecule has 0 atom stereocenters. The summed E-state index contributed by atoms with van der Waals surface area (Å²) in [6.45, 7) is 2.24. The molecular weight excluding hydrogens is 324 g/mol. The van der Waals surface area contributed by atoms with Crippen LogP contribution in [0.2, 0.25) is 0 Å². The molecule has 0 spiro atoms. The average Bonchev–Trinajstić information content (AvgIpc) is 2.55. The average molecular weight is 350 g/mol. The van der Waals surface area contributed by atoms with Crippen molar-refractivity contribution in [3.8, 4) is 17.2 Å². The van der Waals surface area contributed by atoms with Gasteiger partial charge in [0.25, 0.3) is 0 Å². The molecule has 1 fully saturated rings. The highest BCUT2D eigenvalue weighted by atomic mass is 16.5. The summed E-state index contributed by atoms with van der Waals surface area (Å²) in [4.78, 5) is 25.6. The van der Waals surface area contributed by atoms with E-state index in [0.717, 1.165) is 19.3 Å². The summed E-state index contributed by atoms with van der Waals surface area (Å²) in [5.41, 5.74) is 0.625. The molecule has 0 unspecified atom stereocenters. The molecule has 7 nitrogen and oxygen atoms in total. The van der Waals surface area contributed by atoms with Gasteiger partial charge in [0.2, 0.25) is 17.6 Å². The summed E-state index contributed by atoms with van der Waals surface area (Å²) in [5, 5.41) is 2.90. The third-order valence-corrected chi connectivity index (χ3v) is 4.45. The van der Waals surface area contributed by atoms with Gasteiger partial charge in [0.1, 0.15) is 0 Å². The Morgan fingerprint density at radius 2 is 1.72 bits per heavy atom. The predicted molar refractivity (Wildman–Crippen MR) is 94.5 cm³/mol. The topological polar surface area (TPSA) is 77.1 Å². The van der Waals surface area contributed by atoms with Crippen LogP contribution in [0.5, 0.6) is 17.2 Å². The fourth-order valence-electron chi connectivity index (χ4n) is 2.80. The minimum absolute atomic E-state index is 0.0691. The van der Waals surface area contributed by atoms with E-state index in [1.807, 2.05) is 0 Å². The molecule has 0 aromatic heterocycles. The molecule has 1 saturated carbocycles. The number of benzene rings is 1. The smallest absolute Gasteiger partial charge is 0.223 e. The van der Waals surface area contributed by atoms with Crippen LogP contribution in [0.4, 0.5) is 5.69 Å². The molecule has 1 aliphatic rings. The summed E-state index contributed by atoms with van der Waals surface area (Å²) in [5.74, 6) is 1.48. The van der Waals surface area contributed by atoms with E-state index in [9.17, 15) is 9.59 Å². The van der Waals surface area contributed by atoms with Crippen molar-refractivity contribution in [1.29, 1.82) is 0 Å². The normalized spacial score (nSPS) is 13.6. The summed E-state index contributed by atoms with van der Waals surface area (Å²) >= 11 is 0. The molecule has 1 N–H and O–H groups in total.